The second kappa shape index (κ2) is 7.04. The first-order valence-corrected chi connectivity index (χ1v) is 7.20. The third kappa shape index (κ3) is 3.60. The summed E-state index contributed by atoms with van der Waals surface area (Å²) in [4.78, 5) is 49.5. The fourth-order valence-electron chi connectivity index (χ4n) is 2.17. The van der Waals surface area contributed by atoms with Crippen LogP contribution in [0.1, 0.15) is 26.3 Å². The molecule has 3 N–H and O–H groups in total. The van der Waals surface area contributed by atoms with Gasteiger partial charge in [0.05, 0.1) is 7.11 Å². The van der Waals surface area contributed by atoms with Crippen LogP contribution in [0.4, 0.5) is 5.82 Å². The van der Waals surface area contributed by atoms with Gasteiger partial charge in [-0.05, 0) is 19.1 Å². The molecule has 1 aromatic carbocycles. The number of benzene rings is 1. The van der Waals surface area contributed by atoms with Crippen molar-refractivity contribution in [3.05, 3.63) is 55.7 Å². The fraction of sp³-hybridized carbons (Fsp3) is 0.250. The van der Waals surface area contributed by atoms with Crippen LogP contribution < -0.4 is 21.7 Å². The number of Topliss-reactive ketones (excluding diaryl/α,β-unsaturated/α-hetero) is 1. The molecule has 0 unspecified atom stereocenters. The van der Waals surface area contributed by atoms with Crippen molar-refractivity contribution in [2.45, 2.75) is 6.92 Å². The Balaban J connectivity index is 2.23. The summed E-state index contributed by atoms with van der Waals surface area (Å²) in [7, 11) is 2.70. The Bertz CT molecular complexity index is 957. The van der Waals surface area contributed by atoms with E-state index in [0.717, 1.165) is 10.1 Å². The zero-order valence-electron chi connectivity index (χ0n) is 13.9. The Morgan fingerprint density at radius 1 is 1.28 bits per heavy atom. The minimum absolute atomic E-state index is 0.151. The molecule has 0 aliphatic rings. The maximum Gasteiger partial charge on any atom is 0.342 e. The Morgan fingerprint density at radius 3 is 2.60 bits per heavy atom. The van der Waals surface area contributed by atoms with E-state index < -0.39 is 35.2 Å². The lowest BCUT2D eigenvalue weighted by Gasteiger charge is -2.10. The maximum absolute atomic E-state index is 12.2. The second-order valence-electron chi connectivity index (χ2n) is 5.28. The summed E-state index contributed by atoms with van der Waals surface area (Å²) in [6, 6.07) is 4.91. The molecule has 0 atom stereocenters. The van der Waals surface area contributed by atoms with Crippen molar-refractivity contribution < 1.29 is 19.1 Å². The number of aromatic amines is 1. The molecule has 0 bridgehead atoms. The highest BCUT2D eigenvalue weighted by Crippen LogP contribution is 2.20. The lowest BCUT2D eigenvalue weighted by atomic mass is 10.1. The number of aryl methyl sites for hydroxylation is 1. The van der Waals surface area contributed by atoms with Crippen LogP contribution >= 0.6 is 0 Å². The number of H-pyrrole nitrogens is 1. The van der Waals surface area contributed by atoms with Crippen molar-refractivity contribution in [2.75, 3.05) is 19.5 Å². The topological polar surface area (TPSA) is 133 Å². The smallest absolute Gasteiger partial charge is 0.342 e. The van der Waals surface area contributed by atoms with Crippen molar-refractivity contribution in [3.8, 4) is 5.75 Å². The van der Waals surface area contributed by atoms with Gasteiger partial charge in [0.1, 0.15) is 22.7 Å². The zero-order chi connectivity index (χ0) is 18.7. The van der Waals surface area contributed by atoms with E-state index in [9.17, 15) is 19.2 Å². The van der Waals surface area contributed by atoms with E-state index in [4.69, 9.17) is 15.2 Å². The van der Waals surface area contributed by atoms with Gasteiger partial charge in [-0.25, -0.2) is 9.59 Å². The minimum Gasteiger partial charge on any atom is -0.496 e. The highest BCUT2D eigenvalue weighted by atomic mass is 16.5. The van der Waals surface area contributed by atoms with Crippen LogP contribution in [0.25, 0.3) is 0 Å². The largest absolute Gasteiger partial charge is 0.496 e. The number of ether oxygens (including phenoxy) is 2. The lowest BCUT2D eigenvalue weighted by Crippen LogP contribution is -2.35. The van der Waals surface area contributed by atoms with Gasteiger partial charge in [-0.2, -0.15) is 0 Å². The molecule has 0 spiro atoms. The highest BCUT2D eigenvalue weighted by Gasteiger charge is 2.21. The number of nitrogens with two attached hydrogens (primary N) is 1. The molecule has 132 valence electrons. The number of aromatic nitrogens is 2. The van der Waals surface area contributed by atoms with E-state index >= 15 is 0 Å². The van der Waals surface area contributed by atoms with Gasteiger partial charge in [0.15, 0.2) is 6.61 Å². The van der Waals surface area contributed by atoms with Gasteiger partial charge in [0, 0.05) is 7.05 Å². The number of hydrogen-bond acceptors (Lipinski definition) is 7. The Morgan fingerprint density at radius 2 is 1.96 bits per heavy atom. The summed E-state index contributed by atoms with van der Waals surface area (Å²) in [6.07, 6.45) is 0. The lowest BCUT2D eigenvalue weighted by molar-refractivity contribution is 0.0471. The zero-order valence-corrected chi connectivity index (χ0v) is 13.9. The van der Waals surface area contributed by atoms with E-state index in [0.29, 0.717) is 5.75 Å². The van der Waals surface area contributed by atoms with Crippen molar-refractivity contribution >= 4 is 17.6 Å². The predicted molar refractivity (Wildman–Crippen MR) is 89.1 cm³/mol. The highest BCUT2D eigenvalue weighted by molar-refractivity contribution is 6.02. The number of anilines is 1. The predicted octanol–water partition coefficient (Wildman–Crippen LogP) is 0.0125. The van der Waals surface area contributed by atoms with Crippen LogP contribution in [0.3, 0.4) is 0 Å². The molecule has 9 nitrogen and oxygen atoms in total. The molecular weight excluding hydrogens is 330 g/mol. The van der Waals surface area contributed by atoms with Gasteiger partial charge in [-0.1, -0.05) is 11.6 Å². The van der Waals surface area contributed by atoms with E-state index in [1.807, 2.05) is 4.98 Å². The van der Waals surface area contributed by atoms with Crippen LogP contribution in [-0.2, 0) is 11.8 Å². The SMILES string of the molecule is COc1ccc(C)cc1C(=O)OCC(=O)c1c(N)n(C)c(=O)[nH]c1=O. The summed E-state index contributed by atoms with van der Waals surface area (Å²) >= 11 is 0. The number of rotatable bonds is 5. The van der Waals surface area contributed by atoms with Crippen LogP contribution in [0, 0.1) is 6.92 Å². The van der Waals surface area contributed by atoms with E-state index in [-0.39, 0.29) is 11.4 Å². The van der Waals surface area contributed by atoms with Gasteiger partial charge < -0.3 is 15.2 Å². The number of ketones is 1. The molecule has 0 radical (unpaired) electrons. The Hall–Kier alpha value is -3.36. The van der Waals surface area contributed by atoms with E-state index in [1.165, 1.54) is 14.2 Å². The molecule has 1 heterocycles. The molecule has 2 rings (SSSR count). The first-order valence-electron chi connectivity index (χ1n) is 7.20. The standard InChI is InChI=1S/C16H17N3O6/c1-8-4-5-11(24-3)9(6-8)15(22)25-7-10(20)12-13(17)19(2)16(23)18-14(12)21/h4-6H,7,17H2,1-3H3,(H,18,21,23). The molecule has 0 aliphatic carbocycles. The van der Waals surface area contributed by atoms with Crippen LogP contribution in [0.15, 0.2) is 27.8 Å². The molecule has 9 heteroatoms. The number of carbonyl (C=O) groups is 2. The summed E-state index contributed by atoms with van der Waals surface area (Å²) in [6.45, 7) is 1.08. The first-order chi connectivity index (χ1) is 11.8. The monoisotopic (exact) mass is 347 g/mol. The Labute approximate surface area is 142 Å². The van der Waals surface area contributed by atoms with E-state index in [2.05, 4.69) is 0 Å². The maximum atomic E-state index is 12.2. The quantitative estimate of drug-likeness (QED) is 0.575. The number of esters is 1. The molecule has 2 aromatic rings. The first kappa shape index (κ1) is 18.0. The van der Waals surface area contributed by atoms with Crippen LogP contribution in [0.5, 0.6) is 5.75 Å². The van der Waals surface area contributed by atoms with E-state index in [1.54, 1.807) is 25.1 Å². The number of nitrogen functional groups attached to an aromatic ring is 1. The van der Waals surface area contributed by atoms with Crippen molar-refractivity contribution in [1.82, 2.24) is 9.55 Å². The summed E-state index contributed by atoms with van der Waals surface area (Å²) in [5.74, 6) is -1.62. The van der Waals surface area contributed by atoms with Gasteiger partial charge in [-0.15, -0.1) is 0 Å². The molecular formula is C16H17N3O6. The molecule has 0 fully saturated rings. The molecule has 0 aliphatic heterocycles. The third-order valence-electron chi connectivity index (χ3n) is 3.56. The summed E-state index contributed by atoms with van der Waals surface area (Å²) < 4.78 is 11.0. The van der Waals surface area contributed by atoms with Gasteiger partial charge in [0.2, 0.25) is 5.78 Å². The third-order valence-corrected chi connectivity index (χ3v) is 3.56. The summed E-state index contributed by atoms with van der Waals surface area (Å²) in [5, 5.41) is 0. The van der Waals surface area contributed by atoms with Crippen molar-refractivity contribution in [1.29, 1.82) is 0 Å². The van der Waals surface area contributed by atoms with Gasteiger partial charge in [0.25, 0.3) is 5.56 Å². The van der Waals surface area contributed by atoms with Crippen molar-refractivity contribution in [3.63, 3.8) is 0 Å². The Kier molecular flexibility index (Phi) is 5.06. The minimum atomic E-state index is -0.935. The van der Waals surface area contributed by atoms with Gasteiger partial charge in [-0.3, -0.25) is 19.1 Å². The number of hydrogen-bond donors (Lipinski definition) is 2. The second-order valence-corrected chi connectivity index (χ2v) is 5.28. The summed E-state index contributed by atoms with van der Waals surface area (Å²) in [5.41, 5.74) is 4.46. The fourth-order valence-corrected chi connectivity index (χ4v) is 2.17. The van der Waals surface area contributed by atoms with Crippen molar-refractivity contribution in [2.24, 2.45) is 7.05 Å². The average molecular weight is 347 g/mol. The molecule has 0 amide bonds. The molecule has 25 heavy (non-hydrogen) atoms. The number of nitrogens with zero attached hydrogens (tertiary/aromatic N) is 1. The molecule has 0 saturated heterocycles. The van der Waals surface area contributed by atoms with Crippen LogP contribution in [-0.4, -0.2) is 35.0 Å². The molecule has 0 saturated carbocycles. The molecule has 1 aromatic heterocycles. The average Bonchev–Trinajstić information content (AvgIpc) is 2.57. The number of nitrogens with one attached hydrogen (secondary N) is 1. The van der Waals surface area contributed by atoms with Gasteiger partial charge >= 0.3 is 11.7 Å². The number of carbonyl (C=O) groups excluding carboxylic acids is 2. The number of methoxy groups -OCH3 is 1. The normalized spacial score (nSPS) is 10.4. The van der Waals surface area contributed by atoms with Crippen LogP contribution in [0.2, 0.25) is 0 Å².